The van der Waals surface area contributed by atoms with Gasteiger partial charge >= 0.3 is 0 Å². The van der Waals surface area contributed by atoms with E-state index in [1.54, 1.807) is 6.20 Å². The van der Waals surface area contributed by atoms with Gasteiger partial charge in [-0.3, -0.25) is 9.88 Å². The zero-order valence-corrected chi connectivity index (χ0v) is 15.3. The minimum Gasteiger partial charge on any atom is -0.305 e. The molecule has 1 saturated heterocycles. The van der Waals surface area contributed by atoms with Gasteiger partial charge < -0.3 is 4.40 Å². The van der Waals surface area contributed by atoms with E-state index in [9.17, 15) is 0 Å². The number of hydrogen-bond acceptors (Lipinski definition) is 4. The van der Waals surface area contributed by atoms with Crippen molar-refractivity contribution >= 4 is 16.9 Å². The van der Waals surface area contributed by atoms with Gasteiger partial charge in [-0.05, 0) is 48.5 Å². The van der Waals surface area contributed by atoms with Crippen molar-refractivity contribution in [2.45, 2.75) is 25.4 Å². The van der Waals surface area contributed by atoms with E-state index in [2.05, 4.69) is 56.2 Å². The van der Waals surface area contributed by atoms with Gasteiger partial charge in [0, 0.05) is 35.6 Å². The van der Waals surface area contributed by atoms with Crippen molar-refractivity contribution in [2.75, 3.05) is 6.54 Å². The number of pyridine rings is 2. The van der Waals surface area contributed by atoms with E-state index in [4.69, 9.17) is 4.98 Å². The van der Waals surface area contributed by atoms with Crippen LogP contribution >= 0.6 is 11.3 Å². The lowest BCUT2D eigenvalue weighted by molar-refractivity contribution is 0.248. The van der Waals surface area contributed by atoms with Crippen LogP contribution in [0.4, 0.5) is 0 Å². The molecule has 4 aromatic rings. The molecule has 1 aliphatic rings. The van der Waals surface area contributed by atoms with Crippen molar-refractivity contribution in [1.29, 1.82) is 0 Å². The molecule has 5 heterocycles. The van der Waals surface area contributed by atoms with Gasteiger partial charge in [-0.15, -0.1) is 11.3 Å². The summed E-state index contributed by atoms with van der Waals surface area (Å²) >= 11 is 1.84. The molecule has 1 unspecified atom stereocenters. The second-order valence-electron chi connectivity index (χ2n) is 6.79. The Morgan fingerprint density at radius 2 is 2.12 bits per heavy atom. The lowest BCUT2D eigenvalue weighted by atomic mass is 10.1. The number of nitrogens with zero attached hydrogens (tertiary/aromatic N) is 4. The third kappa shape index (κ3) is 2.83. The first-order chi connectivity index (χ1) is 12.9. The fourth-order valence-electron chi connectivity index (χ4n) is 3.91. The zero-order valence-electron chi connectivity index (χ0n) is 14.5. The van der Waals surface area contributed by atoms with Crippen molar-refractivity contribution in [3.8, 4) is 11.1 Å². The second-order valence-corrected chi connectivity index (χ2v) is 7.82. The molecule has 1 aliphatic heterocycles. The number of thiophene rings is 1. The molecule has 26 heavy (non-hydrogen) atoms. The predicted molar refractivity (Wildman–Crippen MR) is 105 cm³/mol. The molecule has 0 bridgehead atoms. The molecular formula is C21H20N4S. The van der Waals surface area contributed by atoms with Crippen LogP contribution in [-0.4, -0.2) is 25.8 Å². The summed E-state index contributed by atoms with van der Waals surface area (Å²) in [5.74, 6) is 0. The van der Waals surface area contributed by atoms with Gasteiger partial charge in [-0.25, -0.2) is 4.98 Å². The highest BCUT2D eigenvalue weighted by molar-refractivity contribution is 7.09. The van der Waals surface area contributed by atoms with Gasteiger partial charge in [-0.1, -0.05) is 18.2 Å². The van der Waals surface area contributed by atoms with Crippen LogP contribution < -0.4 is 0 Å². The fraction of sp³-hybridized carbons (Fsp3) is 0.238. The van der Waals surface area contributed by atoms with Gasteiger partial charge in [0.2, 0.25) is 0 Å². The smallest absolute Gasteiger partial charge is 0.0996 e. The van der Waals surface area contributed by atoms with Crippen molar-refractivity contribution in [1.82, 2.24) is 19.3 Å². The third-order valence-electron chi connectivity index (χ3n) is 5.17. The Morgan fingerprint density at radius 3 is 2.96 bits per heavy atom. The molecule has 5 heteroatoms. The van der Waals surface area contributed by atoms with Gasteiger partial charge in [0.25, 0.3) is 0 Å². The van der Waals surface area contributed by atoms with Crippen molar-refractivity contribution < 1.29 is 0 Å². The van der Waals surface area contributed by atoms with E-state index >= 15 is 0 Å². The standard InChI is InChI=1S/C21H20N4S/c1-4-16(12-22-9-1)17-7-8-20-21(23-15-25(20)13-17)19-6-2-10-24(19)14-18-5-3-11-26-18/h1,3-5,7-9,11-13,15,19H,2,6,10,14H2. The first-order valence-corrected chi connectivity index (χ1v) is 9.90. The first-order valence-electron chi connectivity index (χ1n) is 9.02. The van der Waals surface area contributed by atoms with Crippen LogP contribution in [0, 0.1) is 0 Å². The number of hydrogen-bond donors (Lipinski definition) is 0. The summed E-state index contributed by atoms with van der Waals surface area (Å²) in [5, 5.41) is 2.16. The Labute approximate surface area is 156 Å². The number of fused-ring (bicyclic) bond motifs is 1. The Bertz CT molecular complexity index is 1010. The molecule has 0 amide bonds. The maximum atomic E-state index is 4.80. The van der Waals surface area contributed by atoms with Gasteiger partial charge in [-0.2, -0.15) is 0 Å². The molecular weight excluding hydrogens is 340 g/mol. The van der Waals surface area contributed by atoms with Gasteiger partial charge in [0.15, 0.2) is 0 Å². The summed E-state index contributed by atoms with van der Waals surface area (Å²) in [6, 6.07) is 13.2. The number of imidazole rings is 1. The lowest BCUT2D eigenvalue weighted by Crippen LogP contribution is -2.22. The SMILES string of the molecule is c1cncc(-c2ccc3c(C4CCCN4Cc4cccs4)ncn3c2)c1. The molecule has 4 nitrogen and oxygen atoms in total. The fourth-order valence-corrected chi connectivity index (χ4v) is 4.64. The average molecular weight is 360 g/mol. The maximum Gasteiger partial charge on any atom is 0.0996 e. The van der Waals surface area contributed by atoms with Gasteiger partial charge in [0.05, 0.1) is 23.6 Å². The molecule has 130 valence electrons. The van der Waals surface area contributed by atoms with Crippen molar-refractivity contribution in [3.63, 3.8) is 0 Å². The van der Waals surface area contributed by atoms with Crippen LogP contribution in [-0.2, 0) is 6.54 Å². The van der Waals surface area contributed by atoms with Crippen LogP contribution in [0.2, 0.25) is 0 Å². The van der Waals surface area contributed by atoms with Crippen molar-refractivity contribution in [2.24, 2.45) is 0 Å². The second kappa shape index (κ2) is 6.67. The Kier molecular flexibility index (Phi) is 4.03. The van der Waals surface area contributed by atoms with Crippen LogP contribution in [0.5, 0.6) is 0 Å². The monoisotopic (exact) mass is 360 g/mol. The Morgan fingerprint density at radius 1 is 1.12 bits per heavy atom. The minimum absolute atomic E-state index is 0.409. The molecule has 0 radical (unpaired) electrons. The summed E-state index contributed by atoms with van der Waals surface area (Å²) in [6.07, 6.45) is 10.2. The Hall–Kier alpha value is -2.50. The average Bonchev–Trinajstić information content (AvgIpc) is 3.43. The number of aromatic nitrogens is 3. The normalized spacial score (nSPS) is 17.9. The van der Waals surface area contributed by atoms with Crippen LogP contribution in [0.15, 0.2) is 66.7 Å². The summed E-state index contributed by atoms with van der Waals surface area (Å²) in [4.78, 5) is 13.0. The summed E-state index contributed by atoms with van der Waals surface area (Å²) in [7, 11) is 0. The van der Waals surface area contributed by atoms with Crippen molar-refractivity contribution in [3.05, 3.63) is 77.3 Å². The highest BCUT2D eigenvalue weighted by Gasteiger charge is 2.29. The molecule has 1 fully saturated rings. The Balaban J connectivity index is 1.47. The van der Waals surface area contributed by atoms with Crippen LogP contribution in [0.25, 0.3) is 16.6 Å². The van der Waals surface area contributed by atoms with E-state index in [-0.39, 0.29) is 0 Å². The van der Waals surface area contributed by atoms with E-state index < -0.39 is 0 Å². The van der Waals surface area contributed by atoms with Gasteiger partial charge in [0.1, 0.15) is 0 Å². The summed E-state index contributed by atoms with van der Waals surface area (Å²) in [6.45, 7) is 2.17. The summed E-state index contributed by atoms with van der Waals surface area (Å²) in [5.41, 5.74) is 4.71. The minimum atomic E-state index is 0.409. The molecule has 0 aromatic carbocycles. The molecule has 5 rings (SSSR count). The van der Waals surface area contributed by atoms with E-state index in [0.29, 0.717) is 6.04 Å². The predicted octanol–water partition coefficient (Wildman–Crippen LogP) is 4.79. The molecule has 0 aliphatic carbocycles. The highest BCUT2D eigenvalue weighted by atomic mass is 32.1. The molecule has 0 N–H and O–H groups in total. The largest absolute Gasteiger partial charge is 0.305 e. The van der Waals surface area contributed by atoms with E-state index in [0.717, 1.165) is 24.2 Å². The quantitative estimate of drug-likeness (QED) is 0.524. The maximum absolute atomic E-state index is 4.80. The lowest BCUT2D eigenvalue weighted by Gasteiger charge is -2.22. The molecule has 1 atom stereocenters. The van der Waals surface area contributed by atoms with E-state index in [1.807, 2.05) is 29.9 Å². The zero-order chi connectivity index (χ0) is 17.3. The topological polar surface area (TPSA) is 33.4 Å². The summed E-state index contributed by atoms with van der Waals surface area (Å²) < 4.78 is 2.15. The third-order valence-corrected chi connectivity index (χ3v) is 6.04. The highest BCUT2D eigenvalue weighted by Crippen LogP contribution is 2.35. The molecule has 0 spiro atoms. The van der Waals surface area contributed by atoms with Crippen LogP contribution in [0.3, 0.4) is 0 Å². The number of likely N-dealkylation sites (tertiary alicyclic amines) is 1. The first kappa shape index (κ1) is 15.7. The number of rotatable bonds is 4. The van der Waals surface area contributed by atoms with E-state index in [1.165, 1.54) is 28.9 Å². The molecule has 0 saturated carbocycles. The molecule has 4 aromatic heterocycles. The van der Waals surface area contributed by atoms with Crippen LogP contribution in [0.1, 0.15) is 29.5 Å².